The predicted molar refractivity (Wildman–Crippen MR) is 48.6 cm³/mol. The van der Waals surface area contributed by atoms with E-state index in [1.165, 1.54) is 0 Å². The molecule has 0 aromatic heterocycles. The van der Waals surface area contributed by atoms with E-state index in [4.69, 9.17) is 15.9 Å². The van der Waals surface area contributed by atoms with E-state index in [2.05, 4.69) is 0 Å². The Hall–Kier alpha value is -1.10. The van der Waals surface area contributed by atoms with Crippen molar-refractivity contribution < 1.29 is 19.8 Å². The number of carbonyl (C=O) groups is 2. The molecule has 0 saturated heterocycles. The highest BCUT2D eigenvalue weighted by Gasteiger charge is 2.59. The Labute approximate surface area is 81.9 Å². The first-order valence-electron chi connectivity index (χ1n) is 4.56. The second kappa shape index (κ2) is 3.24. The molecule has 80 valence electrons. The van der Waals surface area contributed by atoms with E-state index in [9.17, 15) is 9.59 Å². The van der Waals surface area contributed by atoms with Crippen molar-refractivity contribution >= 4 is 11.9 Å². The van der Waals surface area contributed by atoms with Crippen molar-refractivity contribution in [1.82, 2.24) is 0 Å². The molecule has 1 fully saturated rings. The van der Waals surface area contributed by atoms with Gasteiger partial charge >= 0.3 is 11.9 Å². The van der Waals surface area contributed by atoms with E-state index in [0.29, 0.717) is 6.42 Å². The van der Waals surface area contributed by atoms with E-state index >= 15 is 0 Å². The highest BCUT2D eigenvalue weighted by atomic mass is 16.4. The zero-order valence-corrected chi connectivity index (χ0v) is 8.23. The molecule has 0 radical (unpaired) electrons. The van der Waals surface area contributed by atoms with Gasteiger partial charge in [0.15, 0.2) is 0 Å². The Morgan fingerprint density at radius 2 is 1.93 bits per heavy atom. The van der Waals surface area contributed by atoms with Crippen LogP contribution in [-0.4, -0.2) is 27.7 Å². The monoisotopic (exact) mass is 201 g/mol. The van der Waals surface area contributed by atoms with Crippen molar-refractivity contribution in [3.8, 4) is 0 Å². The van der Waals surface area contributed by atoms with Crippen LogP contribution in [0.4, 0.5) is 0 Å². The van der Waals surface area contributed by atoms with Crippen LogP contribution in [0, 0.1) is 17.8 Å². The molecule has 1 aliphatic rings. The average Bonchev–Trinajstić information content (AvgIpc) is 2.80. The third-order valence-electron chi connectivity index (χ3n) is 3.05. The normalized spacial score (nSPS) is 29.7. The Kier molecular flexibility index (Phi) is 2.54. The summed E-state index contributed by atoms with van der Waals surface area (Å²) in [6.07, 6.45) is 0.371. The van der Waals surface area contributed by atoms with Crippen LogP contribution in [0.1, 0.15) is 20.3 Å². The first kappa shape index (κ1) is 11.0. The molecule has 3 atom stereocenters. The number of aliphatic carboxylic acids is 2. The lowest BCUT2D eigenvalue weighted by Gasteiger charge is -2.29. The minimum absolute atomic E-state index is 0.269. The van der Waals surface area contributed by atoms with Gasteiger partial charge in [0.1, 0.15) is 5.54 Å². The lowest BCUT2D eigenvalue weighted by Crippen LogP contribution is -2.55. The molecule has 0 bridgehead atoms. The van der Waals surface area contributed by atoms with Crippen molar-refractivity contribution in [2.45, 2.75) is 25.8 Å². The van der Waals surface area contributed by atoms with Gasteiger partial charge in [0.05, 0.1) is 5.92 Å². The summed E-state index contributed by atoms with van der Waals surface area (Å²) in [7, 11) is 0. The maximum Gasteiger partial charge on any atom is 0.324 e. The summed E-state index contributed by atoms with van der Waals surface area (Å²) in [6, 6.07) is 0. The van der Waals surface area contributed by atoms with Gasteiger partial charge in [-0.05, 0) is 12.3 Å². The van der Waals surface area contributed by atoms with Crippen LogP contribution in [-0.2, 0) is 9.59 Å². The molecule has 0 amide bonds. The summed E-state index contributed by atoms with van der Waals surface area (Å²) in [5.41, 5.74) is 4.35. The average molecular weight is 201 g/mol. The fourth-order valence-corrected chi connectivity index (χ4v) is 1.83. The van der Waals surface area contributed by atoms with Crippen LogP contribution < -0.4 is 5.73 Å². The number of nitrogens with two attached hydrogens (primary N) is 1. The smallest absolute Gasteiger partial charge is 0.324 e. The van der Waals surface area contributed by atoms with Crippen molar-refractivity contribution in [2.75, 3.05) is 0 Å². The lowest BCUT2D eigenvalue weighted by molar-refractivity contribution is -0.147. The van der Waals surface area contributed by atoms with E-state index in [1.54, 1.807) is 13.8 Å². The van der Waals surface area contributed by atoms with E-state index in [1.807, 2.05) is 0 Å². The topological polar surface area (TPSA) is 101 Å². The summed E-state index contributed by atoms with van der Waals surface area (Å²) in [6.45, 7) is 3.40. The van der Waals surface area contributed by atoms with Gasteiger partial charge in [-0.1, -0.05) is 13.8 Å². The highest BCUT2D eigenvalue weighted by molar-refractivity contribution is 5.83. The molecular weight excluding hydrogens is 186 g/mol. The number of hydrogen-bond donors (Lipinski definition) is 3. The summed E-state index contributed by atoms with van der Waals surface area (Å²) < 4.78 is 0. The molecule has 0 spiro atoms. The number of hydrogen-bond acceptors (Lipinski definition) is 3. The number of carboxylic acid groups (broad SMARTS) is 2. The van der Waals surface area contributed by atoms with Crippen molar-refractivity contribution in [3.05, 3.63) is 0 Å². The van der Waals surface area contributed by atoms with Gasteiger partial charge in [-0.15, -0.1) is 0 Å². The van der Waals surface area contributed by atoms with E-state index in [0.717, 1.165) is 0 Å². The minimum Gasteiger partial charge on any atom is -0.481 e. The molecular formula is C9H15NO4. The van der Waals surface area contributed by atoms with Crippen LogP contribution in [0.15, 0.2) is 0 Å². The summed E-state index contributed by atoms with van der Waals surface area (Å²) in [4.78, 5) is 21.6. The Morgan fingerprint density at radius 1 is 1.43 bits per heavy atom. The maximum atomic E-state index is 11.0. The third kappa shape index (κ3) is 1.48. The van der Waals surface area contributed by atoms with E-state index in [-0.39, 0.29) is 5.92 Å². The molecule has 14 heavy (non-hydrogen) atoms. The SMILES string of the molecule is CC(C)[C@](N)(C(=O)O)C1C[C@@H]1C(=O)O. The van der Waals surface area contributed by atoms with Crippen LogP contribution >= 0.6 is 0 Å². The second-order valence-corrected chi connectivity index (χ2v) is 4.18. The van der Waals surface area contributed by atoms with Crippen LogP contribution in [0.2, 0.25) is 0 Å². The van der Waals surface area contributed by atoms with Gasteiger partial charge in [0.25, 0.3) is 0 Å². The van der Waals surface area contributed by atoms with Crippen LogP contribution in [0.3, 0.4) is 0 Å². The number of carboxylic acids is 2. The molecule has 0 aliphatic heterocycles. The molecule has 1 rings (SSSR count). The second-order valence-electron chi connectivity index (χ2n) is 4.18. The quantitative estimate of drug-likeness (QED) is 0.600. The molecule has 0 aromatic carbocycles. The van der Waals surface area contributed by atoms with Crippen molar-refractivity contribution in [3.63, 3.8) is 0 Å². The van der Waals surface area contributed by atoms with E-state index < -0.39 is 29.3 Å². The summed E-state index contributed by atoms with van der Waals surface area (Å²) in [5.74, 6) is -3.35. The standard InChI is InChI=1S/C9H15NO4/c1-4(2)9(10,8(13)14)6-3-5(6)7(11)12/h4-6H,3,10H2,1-2H3,(H,11,12)(H,13,14)/t5-,6?,9+/m0/s1. The zero-order valence-electron chi connectivity index (χ0n) is 8.23. The minimum atomic E-state index is -1.40. The highest BCUT2D eigenvalue weighted by Crippen LogP contribution is 2.48. The Balaban J connectivity index is 2.83. The van der Waals surface area contributed by atoms with Gasteiger partial charge < -0.3 is 15.9 Å². The summed E-state index contributed by atoms with van der Waals surface area (Å²) in [5, 5.41) is 17.7. The zero-order chi connectivity index (χ0) is 11.1. The van der Waals surface area contributed by atoms with Crippen molar-refractivity contribution in [1.29, 1.82) is 0 Å². The maximum absolute atomic E-state index is 11.0. The fraction of sp³-hybridized carbons (Fsp3) is 0.778. The first-order valence-corrected chi connectivity index (χ1v) is 4.56. The molecule has 0 aromatic rings. The van der Waals surface area contributed by atoms with Crippen molar-refractivity contribution in [2.24, 2.45) is 23.5 Å². The molecule has 1 aliphatic carbocycles. The molecule has 1 unspecified atom stereocenters. The van der Waals surface area contributed by atoms with Gasteiger partial charge in [0, 0.05) is 5.92 Å². The van der Waals surface area contributed by atoms with Crippen LogP contribution in [0.5, 0.6) is 0 Å². The largest absolute Gasteiger partial charge is 0.481 e. The van der Waals surface area contributed by atoms with Gasteiger partial charge in [-0.3, -0.25) is 9.59 Å². The first-order chi connectivity index (χ1) is 6.31. The predicted octanol–water partition coefficient (Wildman–Crippen LogP) is 0.145. The fourth-order valence-electron chi connectivity index (χ4n) is 1.83. The van der Waals surface area contributed by atoms with Gasteiger partial charge in [0.2, 0.25) is 0 Å². The number of rotatable bonds is 4. The van der Waals surface area contributed by atoms with Crippen LogP contribution in [0.25, 0.3) is 0 Å². The molecule has 5 nitrogen and oxygen atoms in total. The molecule has 0 heterocycles. The van der Waals surface area contributed by atoms with Gasteiger partial charge in [-0.2, -0.15) is 0 Å². The third-order valence-corrected chi connectivity index (χ3v) is 3.05. The summed E-state index contributed by atoms with van der Waals surface area (Å²) >= 11 is 0. The van der Waals surface area contributed by atoms with Gasteiger partial charge in [-0.25, -0.2) is 0 Å². The Morgan fingerprint density at radius 3 is 2.14 bits per heavy atom. The lowest BCUT2D eigenvalue weighted by atomic mass is 9.82. The molecule has 4 N–H and O–H groups in total. The Bertz CT molecular complexity index is 276. The molecule has 1 saturated carbocycles. The molecule has 5 heteroatoms.